The van der Waals surface area contributed by atoms with Crippen molar-refractivity contribution in [2.75, 3.05) is 26.2 Å². The number of ketones is 2. The molecule has 0 aromatic heterocycles. The van der Waals surface area contributed by atoms with E-state index < -0.39 is 18.1 Å². The van der Waals surface area contributed by atoms with Crippen LogP contribution in [0.25, 0.3) is 0 Å². The highest BCUT2D eigenvalue weighted by Crippen LogP contribution is 2.31. The molecular formula is C31H44N6O8. The van der Waals surface area contributed by atoms with Crippen molar-refractivity contribution in [3.8, 4) is 0 Å². The smallest absolute Gasteiger partial charge is 0.345 e. The number of amides is 6. The molecule has 14 heteroatoms. The van der Waals surface area contributed by atoms with Gasteiger partial charge in [0.05, 0.1) is 25.2 Å². The lowest BCUT2D eigenvalue weighted by molar-refractivity contribution is -0.140. The van der Waals surface area contributed by atoms with Crippen molar-refractivity contribution >= 4 is 35.4 Å². The zero-order valence-corrected chi connectivity index (χ0v) is 26.0. The first-order chi connectivity index (χ1) is 21.6. The Balaban J connectivity index is 0.000000215. The molecule has 4 atom stereocenters. The van der Waals surface area contributed by atoms with E-state index in [2.05, 4.69) is 10.6 Å². The van der Waals surface area contributed by atoms with Gasteiger partial charge >= 0.3 is 12.1 Å². The van der Waals surface area contributed by atoms with E-state index in [0.29, 0.717) is 63.3 Å². The third-order valence-electron chi connectivity index (χ3n) is 8.46. The number of urea groups is 2. The first-order valence-electron chi connectivity index (χ1n) is 15.8. The predicted octanol–water partition coefficient (Wildman–Crippen LogP) is 2.00. The number of carbonyl (C=O) groups excluding carboxylic acids is 6. The molecule has 0 spiro atoms. The Labute approximate surface area is 262 Å². The molecule has 4 saturated heterocycles. The molecule has 0 aliphatic carbocycles. The van der Waals surface area contributed by atoms with Crippen LogP contribution in [0.4, 0.5) is 9.59 Å². The van der Waals surface area contributed by atoms with Crippen LogP contribution in [0.1, 0.15) is 70.8 Å². The van der Waals surface area contributed by atoms with Crippen LogP contribution in [-0.4, -0.2) is 111 Å². The standard InChI is InChI=1S/C19H25N3O4.C12H19N3O4/c1-2-6-16(23)11-20-18(24)17-10-9-15-12-21(17)19(25)22(15)26-13-14-7-4-3-5-8-14;1-2-3-9(16)6-13-11(17)10-5-4-8-7-14(10)12(18)15(8)19/h3-5,7-8,15,17H,2,6,9-13H2,1H3,(H,20,24);8,10,19H,2-7H2,1H3,(H,13,17)/t15-,17+;8-,10+/m11/s1. The summed E-state index contributed by atoms with van der Waals surface area (Å²) in [5.41, 5.74) is 0.987. The highest BCUT2D eigenvalue weighted by atomic mass is 16.7. The molecule has 0 radical (unpaired) electrons. The zero-order valence-electron chi connectivity index (χ0n) is 26.0. The minimum absolute atomic E-state index is 0.00936. The lowest BCUT2D eigenvalue weighted by Gasteiger charge is -2.29. The molecule has 1 aromatic carbocycles. The molecule has 0 saturated carbocycles. The van der Waals surface area contributed by atoms with Gasteiger partial charge in [0, 0.05) is 25.9 Å². The monoisotopic (exact) mass is 628 g/mol. The van der Waals surface area contributed by atoms with E-state index in [1.807, 2.05) is 44.2 Å². The summed E-state index contributed by atoms with van der Waals surface area (Å²) in [5, 5.41) is 16.9. The van der Waals surface area contributed by atoms with Crippen molar-refractivity contribution in [1.82, 2.24) is 30.6 Å². The number of hydroxylamine groups is 4. The second kappa shape index (κ2) is 15.8. The number of Topliss-reactive ketones (excluding diaryl/α,β-unsaturated/α-hetero) is 2. The lowest BCUT2D eigenvalue weighted by atomic mass is 10.0. The summed E-state index contributed by atoms with van der Waals surface area (Å²) in [6, 6.07) is 7.51. The summed E-state index contributed by atoms with van der Waals surface area (Å²) in [7, 11) is 0. The fourth-order valence-electron chi connectivity index (χ4n) is 6.05. The van der Waals surface area contributed by atoms with Crippen molar-refractivity contribution in [2.24, 2.45) is 0 Å². The highest BCUT2D eigenvalue weighted by Gasteiger charge is 2.48. The van der Waals surface area contributed by atoms with Crippen molar-refractivity contribution in [1.29, 1.82) is 0 Å². The number of nitrogens with one attached hydrogen (secondary N) is 2. The van der Waals surface area contributed by atoms with Gasteiger partial charge in [-0.2, -0.15) is 5.06 Å². The van der Waals surface area contributed by atoms with E-state index in [1.165, 1.54) is 9.96 Å². The van der Waals surface area contributed by atoms with E-state index >= 15 is 0 Å². The van der Waals surface area contributed by atoms with Crippen molar-refractivity contribution in [3.63, 3.8) is 0 Å². The van der Waals surface area contributed by atoms with Crippen LogP contribution in [0.5, 0.6) is 0 Å². The zero-order chi connectivity index (χ0) is 32.5. The predicted molar refractivity (Wildman–Crippen MR) is 160 cm³/mol. The van der Waals surface area contributed by atoms with Gasteiger partial charge in [0.25, 0.3) is 0 Å². The summed E-state index contributed by atoms with van der Waals surface area (Å²) >= 11 is 0. The Morgan fingerprint density at radius 3 is 1.84 bits per heavy atom. The number of fused-ring (bicyclic) bond motifs is 4. The minimum atomic E-state index is -0.574. The van der Waals surface area contributed by atoms with Gasteiger partial charge in [-0.1, -0.05) is 44.2 Å². The van der Waals surface area contributed by atoms with Crippen LogP contribution in [0.15, 0.2) is 30.3 Å². The van der Waals surface area contributed by atoms with E-state index in [-0.39, 0.29) is 54.6 Å². The van der Waals surface area contributed by atoms with Crippen LogP contribution in [0, 0.1) is 0 Å². The van der Waals surface area contributed by atoms with Gasteiger partial charge < -0.3 is 20.4 Å². The molecule has 4 aliphatic heterocycles. The molecule has 4 heterocycles. The second-order valence-electron chi connectivity index (χ2n) is 11.8. The maximum atomic E-state index is 12.6. The number of benzene rings is 1. The van der Waals surface area contributed by atoms with Crippen molar-refractivity contribution < 1.29 is 38.8 Å². The van der Waals surface area contributed by atoms with Crippen LogP contribution in [-0.2, 0) is 30.6 Å². The molecule has 246 valence electrons. The second-order valence-corrected chi connectivity index (χ2v) is 11.8. The SMILES string of the molecule is CCCC(=O)CNC(=O)[C@@H]1CC[C@@H]2CN1C(=O)N2O.CCCC(=O)CNC(=O)[C@@H]1CC[C@@H]2CN1C(=O)N2OCc1ccccc1. The normalized spacial score (nSPS) is 23.4. The van der Waals surface area contributed by atoms with Gasteiger partial charge in [-0.05, 0) is 44.1 Å². The van der Waals surface area contributed by atoms with Gasteiger partial charge in [-0.15, -0.1) is 0 Å². The topological polar surface area (TPSA) is 169 Å². The Morgan fingerprint density at radius 1 is 0.778 bits per heavy atom. The van der Waals surface area contributed by atoms with Crippen LogP contribution in [0.2, 0.25) is 0 Å². The van der Waals surface area contributed by atoms with Gasteiger partial charge in [-0.25, -0.2) is 14.7 Å². The molecule has 0 unspecified atom stereocenters. The van der Waals surface area contributed by atoms with Crippen molar-refractivity contribution in [3.05, 3.63) is 35.9 Å². The van der Waals surface area contributed by atoms with Gasteiger partial charge in [0.1, 0.15) is 18.7 Å². The van der Waals surface area contributed by atoms with E-state index in [9.17, 15) is 34.0 Å². The molecule has 3 N–H and O–H groups in total. The van der Waals surface area contributed by atoms with Gasteiger partial charge in [-0.3, -0.25) is 29.2 Å². The molecule has 14 nitrogen and oxygen atoms in total. The number of hydrogen-bond donors (Lipinski definition) is 3. The summed E-state index contributed by atoms with van der Waals surface area (Å²) in [4.78, 5) is 80.4. The van der Waals surface area contributed by atoms with Crippen molar-refractivity contribution in [2.45, 2.75) is 96.0 Å². The summed E-state index contributed by atoms with van der Waals surface area (Å²) in [6.07, 6.45) is 4.81. The first kappa shape index (κ1) is 33.8. The number of carbonyl (C=O) groups is 6. The van der Waals surface area contributed by atoms with E-state index in [1.54, 1.807) is 4.90 Å². The largest absolute Gasteiger partial charge is 0.347 e. The van der Waals surface area contributed by atoms with Gasteiger partial charge in [0.15, 0.2) is 11.6 Å². The molecule has 1 aromatic rings. The van der Waals surface area contributed by atoms with Gasteiger partial charge in [0.2, 0.25) is 11.8 Å². The summed E-state index contributed by atoms with van der Waals surface area (Å²) in [6.45, 7) is 5.04. The minimum Gasteiger partial charge on any atom is -0.347 e. The molecule has 6 amide bonds. The van der Waals surface area contributed by atoms with Crippen LogP contribution >= 0.6 is 0 Å². The Hall–Kier alpha value is -4.04. The number of nitrogens with zero attached hydrogens (tertiary/aromatic N) is 4. The molecule has 45 heavy (non-hydrogen) atoms. The Morgan fingerprint density at radius 2 is 1.29 bits per heavy atom. The lowest BCUT2D eigenvalue weighted by Crippen LogP contribution is -2.50. The third-order valence-corrected chi connectivity index (χ3v) is 8.46. The highest BCUT2D eigenvalue weighted by molar-refractivity contribution is 5.92. The number of rotatable bonds is 13. The molecule has 4 aliphatic rings. The van der Waals surface area contributed by atoms with E-state index in [4.69, 9.17) is 4.84 Å². The van der Waals surface area contributed by atoms with E-state index in [0.717, 1.165) is 18.4 Å². The molecule has 5 rings (SSSR count). The fourth-order valence-corrected chi connectivity index (χ4v) is 6.05. The summed E-state index contributed by atoms with van der Waals surface area (Å²) in [5.74, 6) is -0.575. The molecule has 4 fully saturated rings. The Kier molecular flexibility index (Phi) is 11.9. The third kappa shape index (κ3) is 8.37. The first-order valence-corrected chi connectivity index (χ1v) is 15.8. The van der Waals surface area contributed by atoms with Crippen LogP contribution < -0.4 is 10.6 Å². The van der Waals surface area contributed by atoms with Crippen LogP contribution in [0.3, 0.4) is 0 Å². The molecule has 4 bridgehead atoms. The number of piperidine rings is 2. The fraction of sp³-hybridized carbons (Fsp3) is 0.613. The maximum absolute atomic E-state index is 12.6. The maximum Gasteiger partial charge on any atom is 0.345 e. The average Bonchev–Trinajstić information content (AvgIpc) is 3.41. The average molecular weight is 629 g/mol. The Bertz CT molecular complexity index is 1250. The summed E-state index contributed by atoms with van der Waals surface area (Å²) < 4.78 is 0. The quantitative estimate of drug-likeness (QED) is 0.279. The molecular weight excluding hydrogens is 584 g/mol. The number of hydrogen-bond acceptors (Lipinski definition) is 8.